The molecule has 0 spiro atoms. The molecule has 106 valence electrons. The number of rotatable bonds is 6. The minimum atomic E-state index is -0.436. The van der Waals surface area contributed by atoms with Gasteiger partial charge in [0.1, 0.15) is 0 Å². The van der Waals surface area contributed by atoms with E-state index in [4.69, 9.17) is 9.47 Å². The van der Waals surface area contributed by atoms with Crippen molar-refractivity contribution in [2.24, 2.45) is 0 Å². The van der Waals surface area contributed by atoms with Crippen molar-refractivity contribution in [3.05, 3.63) is 40.4 Å². The lowest BCUT2D eigenvalue weighted by Crippen LogP contribution is -2.10. The van der Waals surface area contributed by atoms with Crippen LogP contribution in [-0.4, -0.2) is 29.7 Å². The van der Waals surface area contributed by atoms with E-state index < -0.39 is 4.92 Å². The Morgan fingerprint density at radius 2 is 2.10 bits per heavy atom. The van der Waals surface area contributed by atoms with Crippen LogP contribution < -0.4 is 4.74 Å². The molecule has 0 saturated heterocycles. The summed E-state index contributed by atoms with van der Waals surface area (Å²) in [4.78, 5) is 14.6. The van der Waals surface area contributed by atoms with Gasteiger partial charge in [-0.2, -0.15) is 0 Å². The third kappa shape index (κ3) is 3.42. The number of methoxy groups -OCH3 is 1. The Balaban J connectivity index is 2.13. The number of ether oxygens (including phenoxy) is 2. The van der Waals surface area contributed by atoms with Crippen LogP contribution in [0, 0.1) is 10.1 Å². The molecule has 2 rings (SSSR count). The van der Waals surface area contributed by atoms with E-state index in [-0.39, 0.29) is 11.8 Å². The maximum atomic E-state index is 10.7. The smallest absolute Gasteiger partial charge is 0.271 e. The van der Waals surface area contributed by atoms with Crippen molar-refractivity contribution < 1.29 is 14.4 Å². The molecule has 1 unspecified atom stereocenters. The van der Waals surface area contributed by atoms with Gasteiger partial charge in [-0.25, -0.2) is 4.98 Å². The Hall–Kier alpha value is -2.21. The molecule has 0 N–H and O–H groups in total. The largest absolute Gasteiger partial charge is 0.478 e. The number of pyridine rings is 1. The average Bonchev–Trinajstić information content (AvgIpc) is 2.46. The molecule has 0 saturated carbocycles. The molecule has 0 aliphatic heterocycles. The number of non-ortho nitro benzene ring substituents is 1. The number of nitrogens with zero attached hydrogens (tertiary/aromatic N) is 2. The van der Waals surface area contributed by atoms with E-state index in [1.54, 1.807) is 19.2 Å². The molecule has 1 aromatic carbocycles. The standard InChI is InChI=1S/C14H16N2O4/c1-10(19-2)7-8-20-14-6-4-11-3-5-12(16(17)18)9-13(11)15-14/h3-6,9-10H,7-8H2,1-2H3. The fourth-order valence-electron chi connectivity index (χ4n) is 1.73. The molecule has 0 radical (unpaired) electrons. The lowest BCUT2D eigenvalue weighted by molar-refractivity contribution is -0.384. The molecule has 20 heavy (non-hydrogen) atoms. The molecule has 0 fully saturated rings. The van der Waals surface area contributed by atoms with E-state index in [1.807, 2.05) is 13.0 Å². The normalized spacial score (nSPS) is 12.3. The number of nitro benzene ring substituents is 1. The summed E-state index contributed by atoms with van der Waals surface area (Å²) in [5.74, 6) is 0.460. The Morgan fingerprint density at radius 3 is 2.80 bits per heavy atom. The first-order valence-corrected chi connectivity index (χ1v) is 6.31. The number of hydrogen-bond acceptors (Lipinski definition) is 5. The molecule has 1 heterocycles. The highest BCUT2D eigenvalue weighted by Gasteiger charge is 2.08. The van der Waals surface area contributed by atoms with Crippen LogP contribution in [0.4, 0.5) is 5.69 Å². The monoisotopic (exact) mass is 276 g/mol. The van der Waals surface area contributed by atoms with Crippen molar-refractivity contribution in [2.75, 3.05) is 13.7 Å². The Kier molecular flexibility index (Phi) is 4.47. The Labute approximate surface area is 116 Å². The van der Waals surface area contributed by atoms with Crippen LogP contribution in [0.3, 0.4) is 0 Å². The predicted molar refractivity (Wildman–Crippen MR) is 75.0 cm³/mol. The van der Waals surface area contributed by atoms with E-state index in [2.05, 4.69) is 4.98 Å². The molecule has 1 atom stereocenters. The quantitative estimate of drug-likeness (QED) is 0.599. The van der Waals surface area contributed by atoms with E-state index >= 15 is 0 Å². The molecular formula is C14H16N2O4. The summed E-state index contributed by atoms with van der Waals surface area (Å²) in [5, 5.41) is 11.6. The minimum absolute atomic E-state index is 0.0233. The summed E-state index contributed by atoms with van der Waals surface area (Å²) in [6.45, 7) is 2.45. The first-order chi connectivity index (χ1) is 9.60. The third-order valence-corrected chi connectivity index (χ3v) is 3.04. The van der Waals surface area contributed by atoms with Gasteiger partial charge >= 0.3 is 0 Å². The number of nitro groups is 1. The number of hydrogen-bond donors (Lipinski definition) is 0. The Morgan fingerprint density at radius 1 is 1.35 bits per heavy atom. The van der Waals surface area contributed by atoms with Gasteiger partial charge < -0.3 is 9.47 Å². The van der Waals surface area contributed by atoms with Crippen molar-refractivity contribution in [3.63, 3.8) is 0 Å². The van der Waals surface area contributed by atoms with Crippen LogP contribution in [0.5, 0.6) is 5.88 Å². The Bertz CT molecular complexity index is 615. The van der Waals surface area contributed by atoms with Gasteiger partial charge in [0, 0.05) is 37.1 Å². The van der Waals surface area contributed by atoms with E-state index in [1.165, 1.54) is 12.1 Å². The number of aromatic nitrogens is 1. The molecule has 0 aliphatic rings. The maximum Gasteiger partial charge on any atom is 0.271 e. The average molecular weight is 276 g/mol. The zero-order valence-corrected chi connectivity index (χ0v) is 11.4. The third-order valence-electron chi connectivity index (χ3n) is 3.04. The van der Waals surface area contributed by atoms with Gasteiger partial charge in [0.15, 0.2) is 0 Å². The van der Waals surface area contributed by atoms with Gasteiger partial charge in [0.25, 0.3) is 5.69 Å². The van der Waals surface area contributed by atoms with Crippen molar-refractivity contribution in [3.8, 4) is 5.88 Å². The summed E-state index contributed by atoms with van der Waals surface area (Å²) in [6, 6.07) is 8.18. The first-order valence-electron chi connectivity index (χ1n) is 6.31. The van der Waals surface area contributed by atoms with Crippen molar-refractivity contribution in [2.45, 2.75) is 19.4 Å². The second kappa shape index (κ2) is 6.29. The van der Waals surface area contributed by atoms with Gasteiger partial charge in [-0.3, -0.25) is 10.1 Å². The highest BCUT2D eigenvalue weighted by atomic mass is 16.6. The molecule has 0 amide bonds. The predicted octanol–water partition coefficient (Wildman–Crippen LogP) is 2.95. The number of fused-ring (bicyclic) bond motifs is 1. The molecular weight excluding hydrogens is 260 g/mol. The molecule has 0 aliphatic carbocycles. The van der Waals surface area contributed by atoms with Gasteiger partial charge in [-0.05, 0) is 19.1 Å². The first kappa shape index (κ1) is 14.2. The lowest BCUT2D eigenvalue weighted by Gasteiger charge is -2.10. The van der Waals surface area contributed by atoms with Gasteiger partial charge in [-0.1, -0.05) is 0 Å². The number of benzene rings is 1. The second-order valence-corrected chi connectivity index (χ2v) is 4.47. The fraction of sp³-hybridized carbons (Fsp3) is 0.357. The molecule has 2 aromatic rings. The second-order valence-electron chi connectivity index (χ2n) is 4.47. The van der Waals surface area contributed by atoms with Gasteiger partial charge in [0.2, 0.25) is 5.88 Å². The van der Waals surface area contributed by atoms with Crippen LogP contribution in [0.1, 0.15) is 13.3 Å². The highest BCUT2D eigenvalue weighted by molar-refractivity contribution is 5.81. The summed E-state index contributed by atoms with van der Waals surface area (Å²) in [7, 11) is 1.65. The van der Waals surface area contributed by atoms with Crippen LogP contribution in [-0.2, 0) is 4.74 Å². The SMILES string of the molecule is COC(C)CCOc1ccc2ccc([N+](=O)[O-])cc2n1. The van der Waals surface area contributed by atoms with E-state index in [0.717, 1.165) is 11.8 Å². The lowest BCUT2D eigenvalue weighted by atomic mass is 10.2. The summed E-state index contributed by atoms with van der Waals surface area (Å²) in [5.41, 5.74) is 0.576. The topological polar surface area (TPSA) is 74.5 Å². The maximum absolute atomic E-state index is 10.7. The summed E-state index contributed by atoms with van der Waals surface area (Å²) in [6.07, 6.45) is 0.877. The van der Waals surface area contributed by atoms with Crippen LogP contribution in [0.2, 0.25) is 0 Å². The van der Waals surface area contributed by atoms with Crippen molar-refractivity contribution >= 4 is 16.6 Å². The van der Waals surface area contributed by atoms with Crippen molar-refractivity contribution in [1.82, 2.24) is 4.98 Å². The van der Waals surface area contributed by atoms with E-state index in [9.17, 15) is 10.1 Å². The molecule has 6 heteroatoms. The molecule has 6 nitrogen and oxygen atoms in total. The molecule has 1 aromatic heterocycles. The highest BCUT2D eigenvalue weighted by Crippen LogP contribution is 2.21. The summed E-state index contributed by atoms with van der Waals surface area (Å²) < 4.78 is 10.7. The zero-order chi connectivity index (χ0) is 14.5. The fourth-order valence-corrected chi connectivity index (χ4v) is 1.73. The minimum Gasteiger partial charge on any atom is -0.478 e. The van der Waals surface area contributed by atoms with Gasteiger partial charge in [-0.15, -0.1) is 0 Å². The van der Waals surface area contributed by atoms with Crippen LogP contribution in [0.15, 0.2) is 30.3 Å². The van der Waals surface area contributed by atoms with Crippen LogP contribution in [0.25, 0.3) is 10.9 Å². The van der Waals surface area contributed by atoms with Crippen LogP contribution >= 0.6 is 0 Å². The van der Waals surface area contributed by atoms with E-state index in [0.29, 0.717) is 18.0 Å². The zero-order valence-electron chi connectivity index (χ0n) is 11.4. The van der Waals surface area contributed by atoms with Gasteiger partial charge in [0.05, 0.1) is 23.2 Å². The van der Waals surface area contributed by atoms with Crippen molar-refractivity contribution in [1.29, 1.82) is 0 Å². The molecule has 0 bridgehead atoms. The summed E-state index contributed by atoms with van der Waals surface area (Å²) >= 11 is 0.